The van der Waals surface area contributed by atoms with E-state index in [-0.39, 0.29) is 37.2 Å². The summed E-state index contributed by atoms with van der Waals surface area (Å²) in [6, 6.07) is 10.3. The second-order valence-electron chi connectivity index (χ2n) is 9.23. The number of nitro benzene ring substituents is 2. The minimum atomic E-state index is -1.36. The fourth-order valence-corrected chi connectivity index (χ4v) is 4.07. The minimum absolute atomic E-state index is 0.0806. The maximum atomic E-state index is 12.5. The highest BCUT2D eigenvalue weighted by Crippen LogP contribution is 2.33. The smallest absolute Gasteiger partial charge is 0.429 e. The number of non-ortho nitro benzene ring substituents is 2. The summed E-state index contributed by atoms with van der Waals surface area (Å²) >= 11 is 0. The highest BCUT2D eigenvalue weighted by Gasteiger charge is 2.52. The maximum absolute atomic E-state index is 12.5. The molecule has 1 aliphatic rings. The Bertz CT molecular complexity index is 1260. The molecule has 1 heterocycles. The number of aryl methyl sites for hydroxylation is 1. The Balaban J connectivity index is 1.49. The number of carbonyl (C=O) groups excluding carboxylic acids is 4. The quantitative estimate of drug-likeness (QED) is 0.141. The summed E-state index contributed by atoms with van der Waals surface area (Å²) < 4.78 is 10.4. The highest BCUT2D eigenvalue weighted by molar-refractivity contribution is 6.37. The van der Waals surface area contributed by atoms with Gasteiger partial charge >= 0.3 is 6.16 Å². The molecule has 1 fully saturated rings. The molecule has 0 aliphatic carbocycles. The Morgan fingerprint density at radius 1 is 0.895 bits per heavy atom. The van der Waals surface area contributed by atoms with Gasteiger partial charge in [-0.3, -0.25) is 34.6 Å². The van der Waals surface area contributed by atoms with Crippen molar-refractivity contribution < 1.29 is 38.5 Å². The average molecular weight is 527 g/mol. The number of hydrogen-bond donors (Lipinski definition) is 1. The van der Waals surface area contributed by atoms with Crippen LogP contribution >= 0.6 is 0 Å². The van der Waals surface area contributed by atoms with E-state index in [0.29, 0.717) is 11.1 Å². The predicted molar refractivity (Wildman–Crippen MR) is 130 cm³/mol. The van der Waals surface area contributed by atoms with Crippen molar-refractivity contribution in [3.05, 3.63) is 79.9 Å². The van der Waals surface area contributed by atoms with Crippen LogP contribution in [0.25, 0.3) is 0 Å². The summed E-state index contributed by atoms with van der Waals surface area (Å²) in [7, 11) is 0. The monoisotopic (exact) mass is 527 g/mol. The van der Waals surface area contributed by atoms with Crippen LogP contribution in [0.2, 0.25) is 0 Å². The maximum Gasteiger partial charge on any atom is 0.509 e. The van der Waals surface area contributed by atoms with E-state index in [9.17, 15) is 39.4 Å². The number of Topliss-reactive ketones (excluding diaryl/α,β-unsaturated/α-hetero) is 2. The van der Waals surface area contributed by atoms with Gasteiger partial charge in [-0.05, 0) is 43.5 Å². The number of carbonyl (C=O) groups is 4. The summed E-state index contributed by atoms with van der Waals surface area (Å²) in [6.45, 7) is 2.75. The Hall–Kier alpha value is -4.68. The van der Waals surface area contributed by atoms with Crippen molar-refractivity contribution in [3.63, 3.8) is 0 Å². The lowest BCUT2D eigenvalue weighted by Crippen LogP contribution is -2.66. The Morgan fingerprint density at radius 2 is 1.42 bits per heavy atom. The molecule has 2 aromatic carbocycles. The van der Waals surface area contributed by atoms with Gasteiger partial charge in [-0.25, -0.2) is 4.79 Å². The van der Waals surface area contributed by atoms with Gasteiger partial charge in [0.25, 0.3) is 11.4 Å². The van der Waals surface area contributed by atoms with Crippen LogP contribution in [0.15, 0.2) is 48.5 Å². The largest absolute Gasteiger partial charge is 0.509 e. The molecule has 0 bridgehead atoms. The molecule has 200 valence electrons. The van der Waals surface area contributed by atoms with Gasteiger partial charge in [0, 0.05) is 37.1 Å². The molecule has 2 aromatic rings. The molecule has 0 spiro atoms. The van der Waals surface area contributed by atoms with E-state index in [0.717, 1.165) is 0 Å². The number of nitro groups is 2. The van der Waals surface area contributed by atoms with Crippen LogP contribution in [0, 0.1) is 26.1 Å². The third-order valence-electron chi connectivity index (χ3n) is 6.12. The molecule has 1 amide bonds. The van der Waals surface area contributed by atoms with E-state index in [2.05, 4.69) is 5.32 Å². The van der Waals surface area contributed by atoms with Gasteiger partial charge in [-0.1, -0.05) is 12.1 Å². The van der Waals surface area contributed by atoms with Crippen LogP contribution in [-0.2, 0) is 36.9 Å². The molecule has 3 rings (SSSR count). The lowest BCUT2D eigenvalue weighted by molar-refractivity contribution is -0.385. The van der Waals surface area contributed by atoms with Gasteiger partial charge in [0.2, 0.25) is 5.91 Å². The fourth-order valence-electron chi connectivity index (χ4n) is 4.07. The third kappa shape index (κ3) is 6.96. The van der Waals surface area contributed by atoms with Gasteiger partial charge < -0.3 is 14.8 Å². The average Bonchev–Trinajstić information content (AvgIpc) is 2.85. The first kappa shape index (κ1) is 27.9. The number of benzene rings is 2. The molecule has 0 unspecified atom stereocenters. The number of β-lactam (4-membered cyclic amide) rings is 1. The zero-order valence-corrected chi connectivity index (χ0v) is 20.6. The van der Waals surface area contributed by atoms with Crippen molar-refractivity contribution >= 4 is 35.0 Å². The first-order chi connectivity index (χ1) is 17.9. The zero-order chi connectivity index (χ0) is 28.0. The number of amides is 1. The SMILES string of the molecule is CC(C)(OC(=O)OCc1ccc([N+](=O)[O-])cc1)[C@@H]1C(=O)N[C@@H]1CC(=O)C(=O)CCc1ccc([N+](=O)[O-])cc1. The molecule has 0 aromatic heterocycles. The van der Waals surface area contributed by atoms with E-state index in [4.69, 9.17) is 9.47 Å². The number of rotatable bonds is 12. The standard InChI is InChI=1S/C25H25N3O10/c1-25(2,38-24(32)37-14-16-5-10-18(11-6-16)28(35)36)22-19(26-23(22)31)13-21(30)20(29)12-7-15-3-8-17(9-4-15)27(33)34/h3-6,8-11,19,22H,7,12-14H2,1-2H3,(H,26,31)/t19-,22+/m1/s1. The number of hydrogen-bond acceptors (Lipinski definition) is 10. The lowest BCUT2D eigenvalue weighted by Gasteiger charge is -2.44. The van der Waals surface area contributed by atoms with E-state index in [1.54, 1.807) is 0 Å². The molecule has 0 saturated carbocycles. The predicted octanol–water partition coefficient (Wildman–Crippen LogP) is 3.21. The van der Waals surface area contributed by atoms with E-state index in [1.165, 1.54) is 62.4 Å². The van der Waals surface area contributed by atoms with Gasteiger partial charge in [0.15, 0.2) is 11.6 Å². The Labute approximate surface area is 216 Å². The molecular weight excluding hydrogens is 502 g/mol. The van der Waals surface area contributed by atoms with Gasteiger partial charge in [0.05, 0.1) is 21.8 Å². The molecule has 13 heteroatoms. The van der Waals surface area contributed by atoms with Crippen LogP contribution in [0.1, 0.15) is 37.8 Å². The second-order valence-corrected chi connectivity index (χ2v) is 9.23. The summed E-state index contributed by atoms with van der Waals surface area (Å²) in [5.41, 5.74) is -0.403. The van der Waals surface area contributed by atoms with Crippen molar-refractivity contribution in [2.75, 3.05) is 0 Å². The van der Waals surface area contributed by atoms with Crippen molar-refractivity contribution in [3.8, 4) is 0 Å². The Kier molecular flexibility index (Phi) is 8.50. The van der Waals surface area contributed by atoms with Crippen LogP contribution in [-0.4, -0.2) is 45.1 Å². The van der Waals surface area contributed by atoms with E-state index >= 15 is 0 Å². The van der Waals surface area contributed by atoms with Crippen LogP contribution in [0.4, 0.5) is 16.2 Å². The molecular formula is C25H25N3O10. The van der Waals surface area contributed by atoms with Crippen molar-refractivity contribution in [2.24, 2.45) is 5.92 Å². The first-order valence-electron chi connectivity index (χ1n) is 11.6. The molecule has 38 heavy (non-hydrogen) atoms. The summed E-state index contributed by atoms with van der Waals surface area (Å²) in [4.78, 5) is 69.6. The summed E-state index contributed by atoms with van der Waals surface area (Å²) in [5, 5.41) is 24.0. The topological polar surface area (TPSA) is 185 Å². The second kappa shape index (κ2) is 11.6. The van der Waals surface area contributed by atoms with Gasteiger partial charge in [0.1, 0.15) is 12.2 Å². The van der Waals surface area contributed by atoms with Crippen LogP contribution in [0.5, 0.6) is 0 Å². The van der Waals surface area contributed by atoms with Gasteiger partial charge in [-0.15, -0.1) is 0 Å². The van der Waals surface area contributed by atoms with Crippen LogP contribution in [0.3, 0.4) is 0 Å². The number of ketones is 2. The first-order valence-corrected chi connectivity index (χ1v) is 11.6. The molecule has 1 saturated heterocycles. The van der Waals surface area contributed by atoms with Crippen molar-refractivity contribution in [2.45, 2.75) is 51.4 Å². The minimum Gasteiger partial charge on any atom is -0.429 e. The van der Waals surface area contributed by atoms with E-state index < -0.39 is 51.0 Å². The van der Waals surface area contributed by atoms with E-state index in [1.807, 2.05) is 0 Å². The molecule has 0 radical (unpaired) electrons. The normalized spacial score (nSPS) is 16.5. The molecule has 2 atom stereocenters. The molecule has 1 aliphatic heterocycles. The zero-order valence-electron chi connectivity index (χ0n) is 20.6. The number of nitrogens with one attached hydrogen (secondary N) is 1. The fraction of sp³-hybridized carbons (Fsp3) is 0.360. The third-order valence-corrected chi connectivity index (χ3v) is 6.12. The number of nitrogens with zero attached hydrogens (tertiary/aromatic N) is 2. The lowest BCUT2D eigenvalue weighted by atomic mass is 9.75. The molecule has 13 nitrogen and oxygen atoms in total. The van der Waals surface area contributed by atoms with Gasteiger partial charge in [-0.2, -0.15) is 0 Å². The van der Waals surface area contributed by atoms with Crippen molar-refractivity contribution in [1.29, 1.82) is 0 Å². The highest BCUT2D eigenvalue weighted by atomic mass is 16.7. The summed E-state index contributed by atoms with van der Waals surface area (Å²) in [6.07, 6.45) is -1.23. The van der Waals surface area contributed by atoms with Crippen LogP contribution < -0.4 is 5.32 Å². The number of ether oxygens (including phenoxy) is 2. The van der Waals surface area contributed by atoms with Crippen molar-refractivity contribution in [1.82, 2.24) is 5.32 Å². The molecule has 1 N–H and O–H groups in total. The summed E-state index contributed by atoms with van der Waals surface area (Å²) in [5.74, 6) is -2.70. The Morgan fingerprint density at radius 3 is 1.92 bits per heavy atom.